The third-order valence-electron chi connectivity index (χ3n) is 4.81. The summed E-state index contributed by atoms with van der Waals surface area (Å²) in [6, 6.07) is 11.6. The first-order chi connectivity index (χ1) is 12.6. The van der Waals surface area contributed by atoms with Crippen molar-refractivity contribution < 1.29 is 9.31 Å². The molecule has 0 unspecified atom stereocenters. The molecule has 0 aliphatic carbocycles. The number of aromatic amines is 1. The summed E-state index contributed by atoms with van der Waals surface area (Å²) in [7, 11) is 0. The van der Waals surface area contributed by atoms with Crippen LogP contribution in [0.25, 0.3) is 16.5 Å². The molecule has 26 heavy (non-hydrogen) atoms. The second-order valence-electron chi connectivity index (χ2n) is 6.53. The highest BCUT2D eigenvalue weighted by atomic mass is 19.1. The van der Waals surface area contributed by atoms with Gasteiger partial charge in [0, 0.05) is 54.4 Å². The van der Waals surface area contributed by atoms with E-state index in [0.717, 1.165) is 41.5 Å². The Hall–Kier alpha value is -2.99. The first-order valence-corrected chi connectivity index (χ1v) is 8.52. The van der Waals surface area contributed by atoms with E-state index in [9.17, 15) is 14.5 Å². The van der Waals surface area contributed by atoms with Crippen LogP contribution in [0.4, 0.5) is 10.1 Å². The summed E-state index contributed by atoms with van der Waals surface area (Å²) in [6.07, 6.45) is 5.01. The van der Waals surface area contributed by atoms with E-state index >= 15 is 0 Å². The van der Waals surface area contributed by atoms with Crippen molar-refractivity contribution in [3.05, 3.63) is 81.8 Å². The van der Waals surface area contributed by atoms with Gasteiger partial charge in [0.25, 0.3) is 5.69 Å². The van der Waals surface area contributed by atoms with Gasteiger partial charge in [-0.2, -0.15) is 0 Å². The SMILES string of the molecule is O=[N+]([O-])c1cccc(CN2CC=C(c3c[nH]c4cc(F)ccc34)CC2)c1. The van der Waals surface area contributed by atoms with E-state index < -0.39 is 0 Å². The van der Waals surface area contributed by atoms with Crippen LogP contribution in [0, 0.1) is 15.9 Å². The molecule has 0 spiro atoms. The van der Waals surface area contributed by atoms with Crippen molar-refractivity contribution in [1.29, 1.82) is 0 Å². The molecule has 1 aliphatic rings. The molecule has 0 saturated heterocycles. The molecule has 3 aromatic rings. The fourth-order valence-electron chi connectivity index (χ4n) is 3.49. The molecule has 1 N–H and O–H groups in total. The van der Waals surface area contributed by atoms with Crippen LogP contribution in [0.1, 0.15) is 17.5 Å². The van der Waals surface area contributed by atoms with Gasteiger partial charge in [0.05, 0.1) is 4.92 Å². The van der Waals surface area contributed by atoms with Crippen molar-refractivity contribution >= 4 is 22.2 Å². The number of aromatic nitrogens is 1. The van der Waals surface area contributed by atoms with Gasteiger partial charge in [0.2, 0.25) is 0 Å². The number of hydrogen-bond acceptors (Lipinski definition) is 3. The Morgan fingerprint density at radius 3 is 2.88 bits per heavy atom. The second kappa shape index (κ2) is 6.72. The topological polar surface area (TPSA) is 62.2 Å². The van der Waals surface area contributed by atoms with Crippen molar-refractivity contribution in [3.63, 3.8) is 0 Å². The maximum atomic E-state index is 13.3. The summed E-state index contributed by atoms with van der Waals surface area (Å²) in [5.74, 6) is -0.244. The minimum atomic E-state index is -0.364. The van der Waals surface area contributed by atoms with Crippen molar-refractivity contribution in [2.75, 3.05) is 13.1 Å². The van der Waals surface area contributed by atoms with Gasteiger partial charge in [-0.05, 0) is 35.8 Å². The van der Waals surface area contributed by atoms with E-state index in [1.807, 2.05) is 18.3 Å². The maximum Gasteiger partial charge on any atom is 0.269 e. The van der Waals surface area contributed by atoms with Crippen LogP contribution >= 0.6 is 0 Å². The first-order valence-electron chi connectivity index (χ1n) is 8.52. The minimum Gasteiger partial charge on any atom is -0.360 e. The lowest BCUT2D eigenvalue weighted by Gasteiger charge is -2.26. The molecule has 6 heteroatoms. The molecule has 0 amide bonds. The number of H-pyrrole nitrogens is 1. The Kier molecular flexibility index (Phi) is 4.26. The lowest BCUT2D eigenvalue weighted by atomic mass is 9.98. The van der Waals surface area contributed by atoms with E-state index in [2.05, 4.69) is 16.0 Å². The third kappa shape index (κ3) is 3.23. The van der Waals surface area contributed by atoms with Crippen LogP contribution in [0.2, 0.25) is 0 Å². The molecule has 1 aliphatic heterocycles. The number of fused-ring (bicyclic) bond motifs is 1. The lowest BCUT2D eigenvalue weighted by molar-refractivity contribution is -0.384. The third-order valence-corrected chi connectivity index (χ3v) is 4.81. The number of benzene rings is 2. The smallest absolute Gasteiger partial charge is 0.269 e. The van der Waals surface area contributed by atoms with Crippen LogP contribution in [0.3, 0.4) is 0 Å². The first kappa shape index (κ1) is 16.5. The Morgan fingerprint density at radius 1 is 1.23 bits per heavy atom. The molecule has 1 aromatic heterocycles. The van der Waals surface area contributed by atoms with Crippen molar-refractivity contribution in [2.24, 2.45) is 0 Å². The highest BCUT2D eigenvalue weighted by molar-refractivity contribution is 5.92. The number of nitrogens with zero attached hydrogens (tertiary/aromatic N) is 2. The van der Waals surface area contributed by atoms with Crippen LogP contribution < -0.4 is 0 Å². The van der Waals surface area contributed by atoms with Crippen molar-refractivity contribution in [2.45, 2.75) is 13.0 Å². The predicted molar refractivity (Wildman–Crippen MR) is 99.2 cm³/mol. The summed E-state index contributed by atoms with van der Waals surface area (Å²) in [6.45, 7) is 2.35. The van der Waals surface area contributed by atoms with Crippen molar-refractivity contribution in [3.8, 4) is 0 Å². The van der Waals surface area contributed by atoms with Gasteiger partial charge < -0.3 is 4.98 Å². The number of nitrogens with one attached hydrogen (secondary N) is 1. The Morgan fingerprint density at radius 2 is 2.12 bits per heavy atom. The molecular weight excluding hydrogens is 333 g/mol. The van der Waals surface area contributed by atoms with E-state index in [-0.39, 0.29) is 16.4 Å². The maximum absolute atomic E-state index is 13.3. The molecular formula is C20H18FN3O2. The lowest BCUT2D eigenvalue weighted by Crippen LogP contribution is -2.28. The van der Waals surface area contributed by atoms with Gasteiger partial charge >= 0.3 is 0 Å². The number of nitro groups is 1. The molecule has 0 atom stereocenters. The fraction of sp³-hybridized carbons (Fsp3) is 0.200. The van der Waals surface area contributed by atoms with Gasteiger partial charge in [-0.3, -0.25) is 15.0 Å². The van der Waals surface area contributed by atoms with E-state index in [0.29, 0.717) is 6.54 Å². The zero-order chi connectivity index (χ0) is 18.1. The highest BCUT2D eigenvalue weighted by Crippen LogP contribution is 2.30. The van der Waals surface area contributed by atoms with Crippen LogP contribution in [-0.4, -0.2) is 27.9 Å². The van der Waals surface area contributed by atoms with Gasteiger partial charge in [-0.15, -0.1) is 0 Å². The predicted octanol–water partition coefficient (Wildman–Crippen LogP) is 4.50. The molecule has 2 aromatic carbocycles. The summed E-state index contributed by atoms with van der Waals surface area (Å²) in [5, 5.41) is 11.9. The van der Waals surface area contributed by atoms with Gasteiger partial charge in [0.15, 0.2) is 0 Å². The zero-order valence-corrected chi connectivity index (χ0v) is 14.1. The molecule has 2 heterocycles. The summed E-state index contributed by atoms with van der Waals surface area (Å²) >= 11 is 0. The standard InChI is InChI=1S/C20H18FN3O2/c21-16-4-5-18-19(12-22-20(18)11-16)15-6-8-23(9-7-15)13-14-2-1-3-17(10-14)24(25)26/h1-6,10-12,22H,7-9,13H2. The summed E-state index contributed by atoms with van der Waals surface area (Å²) in [5.41, 5.74) is 4.24. The summed E-state index contributed by atoms with van der Waals surface area (Å²) in [4.78, 5) is 15.9. The number of rotatable bonds is 4. The van der Waals surface area contributed by atoms with Crippen LogP contribution in [0.15, 0.2) is 54.7 Å². The molecule has 132 valence electrons. The number of non-ortho nitro benzene ring substituents is 1. The van der Waals surface area contributed by atoms with Crippen LogP contribution in [-0.2, 0) is 6.54 Å². The molecule has 4 rings (SSSR count). The van der Waals surface area contributed by atoms with E-state index in [4.69, 9.17) is 0 Å². The normalized spacial score (nSPS) is 15.2. The Balaban J connectivity index is 1.49. The second-order valence-corrected chi connectivity index (χ2v) is 6.53. The number of hydrogen-bond donors (Lipinski definition) is 1. The summed E-state index contributed by atoms with van der Waals surface area (Å²) < 4.78 is 13.3. The average molecular weight is 351 g/mol. The zero-order valence-electron chi connectivity index (χ0n) is 14.1. The van der Waals surface area contributed by atoms with Crippen molar-refractivity contribution in [1.82, 2.24) is 9.88 Å². The number of nitro benzene ring substituents is 1. The number of halogens is 1. The minimum absolute atomic E-state index is 0.127. The van der Waals surface area contributed by atoms with E-state index in [1.54, 1.807) is 12.1 Å². The van der Waals surface area contributed by atoms with E-state index in [1.165, 1.54) is 23.8 Å². The highest BCUT2D eigenvalue weighted by Gasteiger charge is 2.17. The monoisotopic (exact) mass is 351 g/mol. The molecule has 0 saturated carbocycles. The molecule has 0 bridgehead atoms. The molecule has 5 nitrogen and oxygen atoms in total. The average Bonchev–Trinajstić information content (AvgIpc) is 3.05. The Bertz CT molecular complexity index is 1010. The molecule has 0 radical (unpaired) electrons. The largest absolute Gasteiger partial charge is 0.360 e. The van der Waals surface area contributed by atoms with Gasteiger partial charge in [-0.25, -0.2) is 4.39 Å². The molecule has 0 fully saturated rings. The Labute approximate surface area is 149 Å². The quantitative estimate of drug-likeness (QED) is 0.556. The van der Waals surface area contributed by atoms with Crippen LogP contribution in [0.5, 0.6) is 0 Å². The fourth-order valence-corrected chi connectivity index (χ4v) is 3.49. The van der Waals surface area contributed by atoms with Gasteiger partial charge in [0.1, 0.15) is 5.82 Å². The van der Waals surface area contributed by atoms with Gasteiger partial charge in [-0.1, -0.05) is 18.2 Å².